The van der Waals surface area contributed by atoms with Crippen LogP contribution in [0, 0.1) is 17.6 Å². The lowest BCUT2D eigenvalue weighted by molar-refractivity contribution is -0.149. The summed E-state index contributed by atoms with van der Waals surface area (Å²) in [5, 5.41) is 3.06. The molecule has 0 amide bonds. The van der Waals surface area contributed by atoms with Gasteiger partial charge in [0, 0.05) is 18.1 Å². The van der Waals surface area contributed by atoms with Crippen LogP contribution >= 0.6 is 0 Å². The summed E-state index contributed by atoms with van der Waals surface area (Å²) in [6.45, 7) is 4.04. The van der Waals surface area contributed by atoms with Crippen molar-refractivity contribution in [3.05, 3.63) is 83.6 Å². The molecule has 0 aliphatic rings. The van der Waals surface area contributed by atoms with Crippen molar-refractivity contribution in [2.75, 3.05) is 7.11 Å². The summed E-state index contributed by atoms with van der Waals surface area (Å²) in [6.07, 6.45) is 0.498. The normalized spacial score (nSPS) is 12.9. The molecule has 8 heteroatoms. The van der Waals surface area contributed by atoms with E-state index < -0.39 is 35.7 Å². The van der Waals surface area contributed by atoms with Crippen molar-refractivity contribution in [3.8, 4) is 11.3 Å². The van der Waals surface area contributed by atoms with Gasteiger partial charge in [-0.2, -0.15) is 0 Å². The standard InChI is InChI=1S/C27H29F2NO5/c1-17(2)11-23(27(32)34-16-18-7-5-4-6-8-18)30-24(26(31)33-3)15-22-9-10-25(35-22)19-12-20(28)14-21(29)13-19/h4-10,12-14,17,23-24,30H,11,15-16H2,1-3H3/t23-,24-/m0/s1. The van der Waals surface area contributed by atoms with E-state index in [9.17, 15) is 18.4 Å². The minimum Gasteiger partial charge on any atom is -0.468 e. The van der Waals surface area contributed by atoms with Gasteiger partial charge in [0.25, 0.3) is 0 Å². The fraction of sp³-hybridized carbons (Fsp3) is 0.333. The second-order valence-corrected chi connectivity index (χ2v) is 8.65. The Morgan fingerprint density at radius 3 is 2.26 bits per heavy atom. The lowest BCUT2D eigenvalue weighted by Crippen LogP contribution is -2.49. The predicted octanol–water partition coefficient (Wildman–Crippen LogP) is 5.06. The predicted molar refractivity (Wildman–Crippen MR) is 126 cm³/mol. The molecule has 1 aromatic heterocycles. The molecule has 6 nitrogen and oxygen atoms in total. The fourth-order valence-electron chi connectivity index (χ4n) is 3.67. The van der Waals surface area contributed by atoms with Gasteiger partial charge in [0.1, 0.15) is 41.8 Å². The molecule has 0 aliphatic carbocycles. The number of benzene rings is 2. The molecule has 3 aromatic rings. The number of hydrogen-bond acceptors (Lipinski definition) is 6. The molecule has 0 bridgehead atoms. The molecule has 1 N–H and O–H groups in total. The number of esters is 2. The smallest absolute Gasteiger partial charge is 0.323 e. The van der Waals surface area contributed by atoms with Gasteiger partial charge in [-0.1, -0.05) is 44.2 Å². The van der Waals surface area contributed by atoms with E-state index >= 15 is 0 Å². The van der Waals surface area contributed by atoms with Crippen LogP contribution in [-0.4, -0.2) is 31.1 Å². The van der Waals surface area contributed by atoms with Crippen LogP contribution in [0.3, 0.4) is 0 Å². The third-order valence-electron chi connectivity index (χ3n) is 5.32. The second kappa shape index (κ2) is 12.3. The average Bonchev–Trinajstić information content (AvgIpc) is 3.29. The van der Waals surface area contributed by atoms with E-state index in [1.165, 1.54) is 7.11 Å². The van der Waals surface area contributed by atoms with E-state index in [1.807, 2.05) is 44.2 Å². The molecule has 3 rings (SSSR count). The van der Waals surface area contributed by atoms with E-state index in [-0.39, 0.29) is 30.3 Å². The molecule has 0 spiro atoms. The van der Waals surface area contributed by atoms with Crippen LogP contribution in [0.1, 0.15) is 31.6 Å². The zero-order valence-corrected chi connectivity index (χ0v) is 19.9. The Labute approximate surface area is 203 Å². The Hall–Kier alpha value is -3.52. The summed E-state index contributed by atoms with van der Waals surface area (Å²) in [7, 11) is 1.26. The lowest BCUT2D eigenvalue weighted by atomic mass is 10.0. The Morgan fingerprint density at radius 1 is 0.943 bits per heavy atom. The number of carbonyl (C=O) groups is 2. The summed E-state index contributed by atoms with van der Waals surface area (Å²) in [5.41, 5.74) is 1.09. The van der Waals surface area contributed by atoms with Crippen molar-refractivity contribution in [1.82, 2.24) is 5.32 Å². The summed E-state index contributed by atoms with van der Waals surface area (Å²) in [5.74, 6) is -1.73. The third-order valence-corrected chi connectivity index (χ3v) is 5.32. The van der Waals surface area contributed by atoms with E-state index in [0.717, 1.165) is 23.8 Å². The molecule has 0 unspecified atom stereocenters. The largest absolute Gasteiger partial charge is 0.468 e. The highest BCUT2D eigenvalue weighted by molar-refractivity contribution is 5.80. The van der Waals surface area contributed by atoms with Crippen LogP contribution in [0.2, 0.25) is 0 Å². The maximum atomic E-state index is 13.6. The van der Waals surface area contributed by atoms with Crippen molar-refractivity contribution >= 4 is 11.9 Å². The van der Waals surface area contributed by atoms with Crippen LogP contribution in [0.25, 0.3) is 11.3 Å². The third kappa shape index (κ3) is 7.75. The fourth-order valence-corrected chi connectivity index (χ4v) is 3.67. The quantitative estimate of drug-likeness (QED) is 0.383. The van der Waals surface area contributed by atoms with Gasteiger partial charge in [0.15, 0.2) is 0 Å². The summed E-state index contributed by atoms with van der Waals surface area (Å²) >= 11 is 0. The van der Waals surface area contributed by atoms with Gasteiger partial charge in [0.2, 0.25) is 0 Å². The zero-order chi connectivity index (χ0) is 25.4. The molecule has 0 saturated heterocycles. The number of rotatable bonds is 11. The first-order chi connectivity index (χ1) is 16.7. The van der Waals surface area contributed by atoms with E-state index in [0.29, 0.717) is 12.2 Å². The highest BCUT2D eigenvalue weighted by Crippen LogP contribution is 2.25. The number of halogens is 2. The van der Waals surface area contributed by atoms with Crippen molar-refractivity contribution in [2.45, 2.75) is 45.4 Å². The number of hydrogen-bond donors (Lipinski definition) is 1. The van der Waals surface area contributed by atoms with Crippen LogP contribution in [0.5, 0.6) is 0 Å². The lowest BCUT2D eigenvalue weighted by Gasteiger charge is -2.24. The second-order valence-electron chi connectivity index (χ2n) is 8.65. The number of furan rings is 1. The van der Waals surface area contributed by atoms with Gasteiger partial charge in [-0.25, -0.2) is 8.78 Å². The molecule has 0 radical (unpaired) electrons. The zero-order valence-electron chi connectivity index (χ0n) is 19.9. The molecule has 0 saturated carbocycles. The van der Waals surface area contributed by atoms with Crippen molar-refractivity contribution in [3.63, 3.8) is 0 Å². The average molecular weight is 486 g/mol. The first kappa shape index (κ1) is 26.1. The van der Waals surface area contributed by atoms with E-state index in [1.54, 1.807) is 12.1 Å². The van der Waals surface area contributed by atoms with Gasteiger partial charge in [-0.3, -0.25) is 14.9 Å². The van der Waals surface area contributed by atoms with Crippen molar-refractivity contribution < 1.29 is 32.3 Å². The first-order valence-electron chi connectivity index (χ1n) is 11.3. The maximum Gasteiger partial charge on any atom is 0.323 e. The van der Waals surface area contributed by atoms with Gasteiger partial charge in [-0.05, 0) is 42.2 Å². The van der Waals surface area contributed by atoms with Gasteiger partial charge >= 0.3 is 11.9 Å². The minimum atomic E-state index is -0.906. The van der Waals surface area contributed by atoms with Crippen LogP contribution in [-0.2, 0) is 32.1 Å². The van der Waals surface area contributed by atoms with Crippen molar-refractivity contribution in [2.24, 2.45) is 5.92 Å². The van der Waals surface area contributed by atoms with E-state index in [2.05, 4.69) is 5.32 Å². The van der Waals surface area contributed by atoms with Crippen LogP contribution in [0.4, 0.5) is 8.78 Å². The number of nitrogens with one attached hydrogen (secondary N) is 1. The summed E-state index contributed by atoms with van der Waals surface area (Å²) in [6, 6.07) is 13.9. The highest BCUT2D eigenvalue weighted by atomic mass is 19.1. The molecule has 186 valence electrons. The van der Waals surface area contributed by atoms with Gasteiger partial charge in [0.05, 0.1) is 7.11 Å². The molecule has 0 aliphatic heterocycles. The Morgan fingerprint density at radius 2 is 1.63 bits per heavy atom. The summed E-state index contributed by atoms with van der Waals surface area (Å²) in [4.78, 5) is 25.4. The molecule has 2 aromatic carbocycles. The van der Waals surface area contributed by atoms with Gasteiger partial charge in [-0.15, -0.1) is 0 Å². The Balaban J connectivity index is 1.73. The summed E-state index contributed by atoms with van der Waals surface area (Å²) < 4.78 is 43.3. The first-order valence-corrected chi connectivity index (χ1v) is 11.3. The minimum absolute atomic E-state index is 0.0605. The Kier molecular flexibility index (Phi) is 9.14. The van der Waals surface area contributed by atoms with Crippen LogP contribution in [0.15, 0.2) is 65.1 Å². The molecule has 0 fully saturated rings. The molecule has 35 heavy (non-hydrogen) atoms. The highest BCUT2D eigenvalue weighted by Gasteiger charge is 2.30. The van der Waals surface area contributed by atoms with Crippen LogP contribution < -0.4 is 5.32 Å². The maximum absolute atomic E-state index is 13.6. The SMILES string of the molecule is COC(=O)[C@H](Cc1ccc(-c2cc(F)cc(F)c2)o1)N[C@@H](CC(C)C)C(=O)OCc1ccccc1. The molecule has 2 atom stereocenters. The molecular weight excluding hydrogens is 456 g/mol. The number of ether oxygens (including phenoxy) is 2. The number of carbonyl (C=O) groups excluding carboxylic acids is 2. The van der Waals surface area contributed by atoms with E-state index in [4.69, 9.17) is 13.9 Å². The molecule has 1 heterocycles. The van der Waals surface area contributed by atoms with Crippen molar-refractivity contribution in [1.29, 1.82) is 0 Å². The topological polar surface area (TPSA) is 77.8 Å². The molecular formula is C27H29F2NO5. The monoisotopic (exact) mass is 485 g/mol. The van der Waals surface area contributed by atoms with Gasteiger partial charge < -0.3 is 13.9 Å². The number of methoxy groups -OCH3 is 1. The Bertz CT molecular complexity index is 1110.